The fourth-order valence-corrected chi connectivity index (χ4v) is 3.60. The lowest BCUT2D eigenvalue weighted by atomic mass is 9.95. The van der Waals surface area contributed by atoms with Crippen LogP contribution < -0.4 is 14.2 Å². The molecular weight excluding hydrogens is 330 g/mol. The first-order valence-electron chi connectivity index (χ1n) is 8.97. The molecule has 0 spiro atoms. The van der Waals surface area contributed by atoms with E-state index in [2.05, 4.69) is 13.0 Å². The molecule has 26 heavy (non-hydrogen) atoms. The van der Waals surface area contributed by atoms with Crippen molar-refractivity contribution in [2.24, 2.45) is 0 Å². The van der Waals surface area contributed by atoms with Crippen LogP contribution in [0.5, 0.6) is 17.2 Å². The van der Waals surface area contributed by atoms with Crippen LogP contribution in [0.25, 0.3) is 0 Å². The number of hydrogen-bond acceptors (Lipinski definition) is 4. The summed E-state index contributed by atoms with van der Waals surface area (Å²) in [6.07, 6.45) is 1.36. The van der Waals surface area contributed by atoms with Crippen molar-refractivity contribution in [1.29, 1.82) is 0 Å². The van der Waals surface area contributed by atoms with Gasteiger partial charge in [-0.15, -0.1) is 0 Å². The van der Waals surface area contributed by atoms with Crippen LogP contribution in [0.3, 0.4) is 0 Å². The minimum Gasteiger partial charge on any atom is -0.497 e. The predicted octanol–water partition coefficient (Wildman–Crippen LogP) is 3.50. The van der Waals surface area contributed by atoms with Gasteiger partial charge in [0, 0.05) is 19.5 Å². The van der Waals surface area contributed by atoms with Crippen LogP contribution in [0.2, 0.25) is 0 Å². The van der Waals surface area contributed by atoms with E-state index in [4.69, 9.17) is 14.2 Å². The van der Waals surface area contributed by atoms with E-state index in [1.165, 1.54) is 5.56 Å². The Kier molecular flexibility index (Phi) is 4.45. The minimum absolute atomic E-state index is 0.173. The lowest BCUT2D eigenvalue weighted by Crippen LogP contribution is -2.36. The van der Waals surface area contributed by atoms with Gasteiger partial charge < -0.3 is 19.1 Å². The molecule has 0 bridgehead atoms. The van der Waals surface area contributed by atoms with Crippen LogP contribution in [0.15, 0.2) is 36.4 Å². The Bertz CT molecular complexity index is 816. The Morgan fingerprint density at radius 3 is 2.54 bits per heavy atom. The van der Waals surface area contributed by atoms with Crippen LogP contribution in [-0.4, -0.2) is 31.3 Å². The summed E-state index contributed by atoms with van der Waals surface area (Å²) in [5, 5.41) is 0. The molecule has 2 heterocycles. The van der Waals surface area contributed by atoms with Crippen molar-refractivity contribution >= 4 is 5.91 Å². The zero-order valence-corrected chi connectivity index (χ0v) is 15.2. The van der Waals surface area contributed by atoms with Crippen LogP contribution >= 0.6 is 0 Å². The molecule has 0 radical (unpaired) electrons. The molecule has 0 saturated carbocycles. The van der Waals surface area contributed by atoms with Crippen LogP contribution in [0.1, 0.15) is 36.0 Å². The average molecular weight is 353 g/mol. The first kappa shape index (κ1) is 16.8. The van der Waals surface area contributed by atoms with E-state index in [0.717, 1.165) is 41.3 Å². The number of rotatable bonds is 4. The molecular formula is C21H23NO4. The number of hydrogen-bond donors (Lipinski definition) is 0. The number of carbonyl (C=O) groups excluding carboxylic acids is 1. The van der Waals surface area contributed by atoms with Crippen molar-refractivity contribution in [3.63, 3.8) is 0 Å². The molecule has 2 aromatic rings. The Hall–Kier alpha value is -2.69. The molecule has 5 heteroatoms. The van der Waals surface area contributed by atoms with Crippen molar-refractivity contribution in [2.75, 3.05) is 20.4 Å². The highest BCUT2D eigenvalue weighted by Crippen LogP contribution is 2.37. The minimum atomic E-state index is 0.173. The molecule has 1 amide bonds. The number of benzene rings is 2. The van der Waals surface area contributed by atoms with Gasteiger partial charge in [-0.2, -0.15) is 0 Å². The highest BCUT2D eigenvalue weighted by Gasteiger charge is 2.25. The lowest BCUT2D eigenvalue weighted by molar-refractivity contribution is -0.132. The number of fused-ring (bicyclic) bond motifs is 2. The molecule has 136 valence electrons. The quantitative estimate of drug-likeness (QED) is 0.844. The molecule has 0 aromatic heterocycles. The van der Waals surface area contributed by atoms with E-state index >= 15 is 0 Å². The van der Waals surface area contributed by atoms with Gasteiger partial charge in [-0.1, -0.05) is 19.1 Å². The molecule has 0 fully saturated rings. The van der Waals surface area contributed by atoms with Crippen LogP contribution in [0.4, 0.5) is 0 Å². The fourth-order valence-electron chi connectivity index (χ4n) is 3.60. The summed E-state index contributed by atoms with van der Waals surface area (Å²) in [4.78, 5) is 14.7. The van der Waals surface area contributed by atoms with Crippen molar-refractivity contribution < 1.29 is 19.0 Å². The maximum absolute atomic E-state index is 12.8. The summed E-state index contributed by atoms with van der Waals surface area (Å²) >= 11 is 0. The number of ether oxygens (including phenoxy) is 3. The van der Waals surface area contributed by atoms with E-state index in [9.17, 15) is 4.79 Å². The third-order valence-electron chi connectivity index (χ3n) is 5.23. The average Bonchev–Trinajstić information content (AvgIpc) is 3.12. The summed E-state index contributed by atoms with van der Waals surface area (Å²) < 4.78 is 16.1. The van der Waals surface area contributed by atoms with Gasteiger partial charge in [0.15, 0.2) is 11.5 Å². The van der Waals surface area contributed by atoms with Gasteiger partial charge in [0.25, 0.3) is 0 Å². The molecule has 2 aliphatic rings. The molecule has 1 unspecified atom stereocenters. The maximum Gasteiger partial charge on any atom is 0.231 e. The highest BCUT2D eigenvalue weighted by molar-refractivity contribution is 5.77. The summed E-state index contributed by atoms with van der Waals surface area (Å²) in [5.74, 6) is 2.79. The second kappa shape index (κ2) is 6.90. The molecule has 0 N–H and O–H groups in total. The smallest absolute Gasteiger partial charge is 0.231 e. The SMILES string of the molecule is COc1ccc(C(C)CC(=O)N2CCc3cc4c(cc3C2)OCO4)cc1. The topological polar surface area (TPSA) is 48.0 Å². The molecule has 1 atom stereocenters. The normalized spacial score (nSPS) is 16.2. The fraction of sp³-hybridized carbons (Fsp3) is 0.381. The number of nitrogens with zero attached hydrogens (tertiary/aromatic N) is 1. The largest absolute Gasteiger partial charge is 0.497 e. The highest BCUT2D eigenvalue weighted by atomic mass is 16.7. The van der Waals surface area contributed by atoms with E-state index in [1.807, 2.05) is 35.2 Å². The molecule has 0 saturated heterocycles. The Balaban J connectivity index is 1.42. The molecule has 4 rings (SSSR count). The summed E-state index contributed by atoms with van der Waals surface area (Å²) in [5.41, 5.74) is 3.56. The van der Waals surface area contributed by atoms with E-state index in [-0.39, 0.29) is 18.6 Å². The van der Waals surface area contributed by atoms with Gasteiger partial charge in [0.05, 0.1) is 7.11 Å². The van der Waals surface area contributed by atoms with Gasteiger partial charge in [-0.25, -0.2) is 0 Å². The number of carbonyl (C=O) groups is 1. The molecule has 2 aliphatic heterocycles. The first-order chi connectivity index (χ1) is 12.6. The predicted molar refractivity (Wildman–Crippen MR) is 97.7 cm³/mol. The van der Waals surface area contributed by atoms with Gasteiger partial charge in [-0.3, -0.25) is 4.79 Å². The standard InChI is InChI=1S/C21H23NO4/c1-14(15-3-5-18(24-2)6-4-15)9-21(23)22-8-7-16-10-19-20(26-13-25-19)11-17(16)12-22/h3-6,10-11,14H,7-9,12-13H2,1-2H3. The van der Waals surface area contributed by atoms with Crippen LogP contribution in [-0.2, 0) is 17.8 Å². The second-order valence-corrected chi connectivity index (χ2v) is 6.92. The van der Waals surface area contributed by atoms with Crippen molar-refractivity contribution in [3.8, 4) is 17.2 Å². The number of amides is 1. The van der Waals surface area contributed by atoms with E-state index < -0.39 is 0 Å². The Labute approximate surface area is 153 Å². The summed E-state index contributed by atoms with van der Waals surface area (Å²) in [7, 11) is 1.66. The van der Waals surface area contributed by atoms with E-state index in [1.54, 1.807) is 7.11 Å². The summed E-state index contributed by atoms with van der Waals surface area (Å²) in [6, 6.07) is 12.0. The van der Waals surface area contributed by atoms with Gasteiger partial charge >= 0.3 is 0 Å². The van der Waals surface area contributed by atoms with E-state index in [0.29, 0.717) is 13.0 Å². The zero-order valence-electron chi connectivity index (χ0n) is 15.2. The van der Waals surface area contributed by atoms with Gasteiger partial charge in [0.1, 0.15) is 5.75 Å². The van der Waals surface area contributed by atoms with Crippen LogP contribution in [0, 0.1) is 0 Å². The summed E-state index contributed by atoms with van der Waals surface area (Å²) in [6.45, 7) is 3.76. The molecule has 0 aliphatic carbocycles. The lowest BCUT2D eigenvalue weighted by Gasteiger charge is -2.30. The Morgan fingerprint density at radius 2 is 1.85 bits per heavy atom. The van der Waals surface area contributed by atoms with Crippen molar-refractivity contribution in [2.45, 2.75) is 32.2 Å². The second-order valence-electron chi connectivity index (χ2n) is 6.92. The molecule has 5 nitrogen and oxygen atoms in total. The van der Waals surface area contributed by atoms with Crippen molar-refractivity contribution in [3.05, 3.63) is 53.1 Å². The monoisotopic (exact) mass is 353 g/mol. The first-order valence-corrected chi connectivity index (χ1v) is 8.97. The third kappa shape index (κ3) is 3.21. The van der Waals surface area contributed by atoms with Crippen molar-refractivity contribution in [1.82, 2.24) is 4.90 Å². The van der Waals surface area contributed by atoms with Gasteiger partial charge in [-0.05, 0) is 53.3 Å². The third-order valence-corrected chi connectivity index (χ3v) is 5.23. The molecule has 2 aromatic carbocycles. The maximum atomic E-state index is 12.8. The van der Waals surface area contributed by atoms with Gasteiger partial charge in [0.2, 0.25) is 12.7 Å². The number of methoxy groups -OCH3 is 1. The zero-order chi connectivity index (χ0) is 18.1. The Morgan fingerprint density at radius 1 is 1.15 bits per heavy atom.